The summed E-state index contributed by atoms with van der Waals surface area (Å²) < 4.78 is 24.0. The third-order valence-electron chi connectivity index (χ3n) is 4.31. The molecule has 1 fully saturated rings. The number of benzene rings is 1. The van der Waals surface area contributed by atoms with E-state index in [1.807, 2.05) is 38.1 Å². The van der Waals surface area contributed by atoms with Crippen LogP contribution in [0.15, 0.2) is 28.6 Å². The van der Waals surface area contributed by atoms with Gasteiger partial charge in [-0.25, -0.2) is 8.42 Å². The molecular weight excluding hydrogens is 404 g/mol. The second kappa shape index (κ2) is 8.57. The SMILES string of the molecule is CCN(C(=O)CSc1nnc(Nc2cccc(C)c2)s1)C1CCS(=O)(=O)C1. The van der Waals surface area contributed by atoms with Gasteiger partial charge in [0.2, 0.25) is 11.0 Å². The van der Waals surface area contributed by atoms with Crippen LogP contribution in [0, 0.1) is 6.92 Å². The summed E-state index contributed by atoms with van der Waals surface area (Å²) >= 11 is 2.72. The molecule has 0 radical (unpaired) electrons. The number of sulfone groups is 1. The second-order valence-corrected chi connectivity index (χ2v) is 10.8. The maximum atomic E-state index is 12.5. The fourth-order valence-corrected chi connectivity index (χ4v) is 6.42. The number of amides is 1. The Balaban J connectivity index is 1.55. The minimum atomic E-state index is -3.01. The van der Waals surface area contributed by atoms with Crippen LogP contribution >= 0.6 is 23.1 Å². The lowest BCUT2D eigenvalue weighted by atomic mass is 10.2. The van der Waals surface area contributed by atoms with E-state index in [9.17, 15) is 13.2 Å². The molecule has 7 nitrogen and oxygen atoms in total. The molecule has 2 aromatic rings. The smallest absolute Gasteiger partial charge is 0.233 e. The molecule has 1 aliphatic heterocycles. The molecule has 0 spiro atoms. The fourth-order valence-electron chi connectivity index (χ4n) is 3.03. The molecule has 1 N–H and O–H groups in total. The minimum Gasteiger partial charge on any atom is -0.338 e. The Labute approximate surface area is 167 Å². The molecule has 0 saturated carbocycles. The number of nitrogens with zero attached hydrogens (tertiary/aromatic N) is 3. The highest BCUT2D eigenvalue weighted by Crippen LogP contribution is 2.28. The van der Waals surface area contributed by atoms with Crippen molar-refractivity contribution in [2.24, 2.45) is 0 Å². The van der Waals surface area contributed by atoms with Gasteiger partial charge >= 0.3 is 0 Å². The zero-order valence-corrected chi connectivity index (χ0v) is 17.7. The number of carbonyl (C=O) groups is 1. The van der Waals surface area contributed by atoms with Crippen LogP contribution in [0.25, 0.3) is 0 Å². The van der Waals surface area contributed by atoms with Gasteiger partial charge in [0, 0.05) is 18.3 Å². The van der Waals surface area contributed by atoms with Crippen molar-refractivity contribution in [3.05, 3.63) is 29.8 Å². The van der Waals surface area contributed by atoms with E-state index in [2.05, 4.69) is 15.5 Å². The van der Waals surface area contributed by atoms with Crippen molar-refractivity contribution >= 4 is 49.7 Å². The first-order valence-electron chi connectivity index (χ1n) is 8.66. The lowest BCUT2D eigenvalue weighted by Crippen LogP contribution is -2.41. The van der Waals surface area contributed by atoms with Gasteiger partial charge in [0.05, 0.1) is 17.3 Å². The molecule has 27 heavy (non-hydrogen) atoms. The third kappa shape index (κ3) is 5.43. The molecule has 1 aliphatic rings. The molecule has 10 heteroatoms. The van der Waals surface area contributed by atoms with Crippen LogP contribution in [0.5, 0.6) is 0 Å². The Bertz CT molecular complexity index is 914. The molecule has 0 aliphatic carbocycles. The molecule has 1 saturated heterocycles. The average molecular weight is 427 g/mol. The van der Waals surface area contributed by atoms with Crippen molar-refractivity contribution in [2.45, 2.75) is 30.6 Å². The topological polar surface area (TPSA) is 92.3 Å². The molecule has 2 heterocycles. The van der Waals surface area contributed by atoms with Gasteiger partial charge in [-0.15, -0.1) is 10.2 Å². The van der Waals surface area contributed by atoms with Crippen LogP contribution in [0.1, 0.15) is 18.9 Å². The van der Waals surface area contributed by atoms with Crippen LogP contribution < -0.4 is 5.32 Å². The Hall–Kier alpha value is -1.65. The summed E-state index contributed by atoms with van der Waals surface area (Å²) in [6.07, 6.45) is 0.524. The fraction of sp³-hybridized carbons (Fsp3) is 0.471. The lowest BCUT2D eigenvalue weighted by Gasteiger charge is -2.26. The van der Waals surface area contributed by atoms with Gasteiger partial charge in [0.25, 0.3) is 0 Å². The number of nitrogens with one attached hydrogen (secondary N) is 1. The number of aryl methyl sites for hydroxylation is 1. The van der Waals surface area contributed by atoms with Crippen LogP contribution in [-0.2, 0) is 14.6 Å². The monoisotopic (exact) mass is 426 g/mol. The van der Waals surface area contributed by atoms with Crippen LogP contribution in [-0.4, -0.2) is 59.3 Å². The average Bonchev–Trinajstić information content (AvgIpc) is 3.20. The number of carbonyl (C=O) groups excluding carboxylic acids is 1. The molecule has 1 aromatic heterocycles. The number of thioether (sulfide) groups is 1. The van der Waals surface area contributed by atoms with Crippen LogP contribution in [0.2, 0.25) is 0 Å². The molecule has 1 amide bonds. The molecule has 3 rings (SSSR count). The largest absolute Gasteiger partial charge is 0.338 e. The summed E-state index contributed by atoms with van der Waals surface area (Å²) in [7, 11) is -3.01. The van der Waals surface area contributed by atoms with Crippen molar-refractivity contribution < 1.29 is 13.2 Å². The van der Waals surface area contributed by atoms with Crippen LogP contribution in [0.4, 0.5) is 10.8 Å². The second-order valence-electron chi connectivity index (χ2n) is 6.39. The minimum absolute atomic E-state index is 0.0620. The van der Waals surface area contributed by atoms with Crippen LogP contribution in [0.3, 0.4) is 0 Å². The van der Waals surface area contributed by atoms with Crippen molar-refractivity contribution in [3.8, 4) is 0 Å². The number of aromatic nitrogens is 2. The zero-order chi connectivity index (χ0) is 19.4. The molecule has 0 bridgehead atoms. The maximum Gasteiger partial charge on any atom is 0.233 e. The number of hydrogen-bond donors (Lipinski definition) is 1. The van der Waals surface area contributed by atoms with Gasteiger partial charge in [0.15, 0.2) is 14.2 Å². The molecule has 146 valence electrons. The van der Waals surface area contributed by atoms with Gasteiger partial charge < -0.3 is 10.2 Å². The van der Waals surface area contributed by atoms with Crippen molar-refractivity contribution in [2.75, 3.05) is 29.1 Å². The highest BCUT2D eigenvalue weighted by atomic mass is 32.2. The van der Waals surface area contributed by atoms with Gasteiger partial charge in [0.1, 0.15) is 0 Å². The highest BCUT2D eigenvalue weighted by molar-refractivity contribution is 8.01. The predicted octanol–water partition coefficient (Wildman–Crippen LogP) is 2.72. The van der Waals surface area contributed by atoms with E-state index in [1.165, 1.54) is 23.1 Å². The first kappa shape index (κ1) is 20.1. The molecule has 1 atom stereocenters. The van der Waals surface area contributed by atoms with E-state index in [1.54, 1.807) is 4.90 Å². The first-order valence-corrected chi connectivity index (χ1v) is 12.3. The molecular formula is C17H22N4O3S3. The van der Waals surface area contributed by atoms with E-state index in [4.69, 9.17) is 0 Å². The summed E-state index contributed by atoms with van der Waals surface area (Å²) in [6, 6.07) is 7.76. The lowest BCUT2D eigenvalue weighted by molar-refractivity contribution is -0.129. The Kier molecular flexibility index (Phi) is 6.38. The van der Waals surface area contributed by atoms with E-state index in [-0.39, 0.29) is 29.2 Å². The van der Waals surface area contributed by atoms with Crippen molar-refractivity contribution in [1.82, 2.24) is 15.1 Å². The summed E-state index contributed by atoms with van der Waals surface area (Å²) in [4.78, 5) is 14.2. The molecule has 1 aromatic carbocycles. The Morgan fingerprint density at radius 3 is 2.89 bits per heavy atom. The quantitative estimate of drug-likeness (QED) is 0.681. The van der Waals surface area contributed by atoms with Gasteiger partial charge in [-0.05, 0) is 38.0 Å². The normalized spacial score (nSPS) is 18.4. The number of hydrogen-bond acceptors (Lipinski definition) is 8. The Morgan fingerprint density at radius 1 is 1.41 bits per heavy atom. The first-order chi connectivity index (χ1) is 12.9. The summed E-state index contributed by atoms with van der Waals surface area (Å²) in [6.45, 7) is 4.41. The number of rotatable bonds is 7. The van der Waals surface area contributed by atoms with Gasteiger partial charge in [-0.3, -0.25) is 4.79 Å². The van der Waals surface area contributed by atoms with Gasteiger partial charge in [-0.1, -0.05) is 35.2 Å². The van der Waals surface area contributed by atoms with Crippen molar-refractivity contribution in [1.29, 1.82) is 0 Å². The Morgan fingerprint density at radius 2 is 2.22 bits per heavy atom. The van der Waals surface area contributed by atoms with E-state index in [0.717, 1.165) is 11.3 Å². The highest BCUT2D eigenvalue weighted by Gasteiger charge is 2.33. The standard InChI is InChI=1S/C17H22N4O3S3/c1-3-21(14-7-8-27(23,24)11-14)15(22)10-25-17-20-19-16(26-17)18-13-6-4-5-12(2)9-13/h4-6,9,14H,3,7-8,10-11H2,1-2H3,(H,18,19). The zero-order valence-electron chi connectivity index (χ0n) is 15.2. The summed E-state index contributed by atoms with van der Waals surface area (Å²) in [5, 5.41) is 12.1. The summed E-state index contributed by atoms with van der Waals surface area (Å²) in [5.41, 5.74) is 2.09. The van der Waals surface area contributed by atoms with Gasteiger partial charge in [-0.2, -0.15) is 0 Å². The van der Waals surface area contributed by atoms with E-state index < -0.39 is 9.84 Å². The summed E-state index contributed by atoms with van der Waals surface area (Å²) in [5.74, 6) is 0.399. The predicted molar refractivity (Wildman–Crippen MR) is 110 cm³/mol. The maximum absolute atomic E-state index is 12.5. The number of anilines is 2. The molecule has 1 unspecified atom stereocenters. The van der Waals surface area contributed by atoms with Crippen molar-refractivity contribution in [3.63, 3.8) is 0 Å². The van der Waals surface area contributed by atoms with E-state index in [0.29, 0.717) is 22.4 Å². The third-order valence-corrected chi connectivity index (χ3v) is 8.01. The van der Waals surface area contributed by atoms with E-state index >= 15 is 0 Å².